The molecule has 0 spiro atoms. The second-order valence-electron chi connectivity index (χ2n) is 6.94. The minimum atomic E-state index is -0.135. The van der Waals surface area contributed by atoms with Crippen molar-refractivity contribution in [2.75, 3.05) is 6.61 Å². The monoisotopic (exact) mass is 278 g/mol. The summed E-state index contributed by atoms with van der Waals surface area (Å²) in [6, 6.07) is 0. The van der Waals surface area contributed by atoms with Crippen molar-refractivity contribution in [2.45, 2.75) is 65.6 Å². The lowest BCUT2D eigenvalue weighted by atomic mass is 9.53. The minimum Gasteiger partial charge on any atom is -0.454 e. The summed E-state index contributed by atoms with van der Waals surface area (Å²) in [5.41, 5.74) is 2.09. The Bertz CT molecular complexity index is 453. The first-order valence-electron chi connectivity index (χ1n) is 8.03. The molecule has 3 nitrogen and oxygen atoms in total. The molecule has 0 aromatic carbocycles. The highest BCUT2D eigenvalue weighted by Gasteiger charge is 2.57. The maximum Gasteiger partial charge on any atom is 0.334 e. The van der Waals surface area contributed by atoms with Crippen LogP contribution in [0.15, 0.2) is 11.1 Å². The summed E-state index contributed by atoms with van der Waals surface area (Å²) < 4.78 is 11.8. The third-order valence-electron chi connectivity index (χ3n) is 6.15. The van der Waals surface area contributed by atoms with Crippen LogP contribution in [-0.4, -0.2) is 24.8 Å². The molecule has 1 heterocycles. The summed E-state index contributed by atoms with van der Waals surface area (Å²) >= 11 is 0. The van der Waals surface area contributed by atoms with E-state index < -0.39 is 0 Å². The quantitative estimate of drug-likeness (QED) is 0.725. The Balaban J connectivity index is 2.06. The molecule has 20 heavy (non-hydrogen) atoms. The van der Waals surface area contributed by atoms with Crippen molar-refractivity contribution in [2.24, 2.45) is 17.3 Å². The fraction of sp³-hybridized carbons (Fsp3) is 0.824. The summed E-state index contributed by atoms with van der Waals surface area (Å²) in [5.74, 6) is 1.11. The van der Waals surface area contributed by atoms with E-state index in [1.54, 1.807) is 0 Å². The Morgan fingerprint density at radius 2 is 2.15 bits per heavy atom. The zero-order chi connectivity index (χ0) is 14.5. The van der Waals surface area contributed by atoms with Gasteiger partial charge in [-0.05, 0) is 38.5 Å². The van der Waals surface area contributed by atoms with E-state index in [1.165, 1.54) is 19.3 Å². The number of rotatable bonds is 2. The van der Waals surface area contributed by atoms with Crippen LogP contribution in [0.5, 0.6) is 0 Å². The Morgan fingerprint density at radius 1 is 1.40 bits per heavy atom. The van der Waals surface area contributed by atoms with Gasteiger partial charge in [0, 0.05) is 23.2 Å². The van der Waals surface area contributed by atoms with Gasteiger partial charge in [0.2, 0.25) is 0 Å². The highest BCUT2D eigenvalue weighted by atomic mass is 16.6. The predicted octanol–water partition coefficient (Wildman–Crippen LogP) is 3.48. The van der Waals surface area contributed by atoms with Crippen molar-refractivity contribution in [1.29, 1.82) is 0 Å². The smallest absolute Gasteiger partial charge is 0.334 e. The van der Waals surface area contributed by atoms with Crippen LogP contribution in [-0.2, 0) is 14.3 Å². The molecule has 5 atom stereocenters. The third-order valence-corrected chi connectivity index (χ3v) is 6.15. The van der Waals surface area contributed by atoms with Gasteiger partial charge < -0.3 is 9.47 Å². The molecule has 0 aromatic rings. The summed E-state index contributed by atoms with van der Waals surface area (Å²) in [5, 5.41) is 0. The van der Waals surface area contributed by atoms with Gasteiger partial charge in [0.05, 0.1) is 6.10 Å². The van der Waals surface area contributed by atoms with Crippen molar-refractivity contribution >= 4 is 5.97 Å². The van der Waals surface area contributed by atoms with E-state index in [0.29, 0.717) is 18.4 Å². The van der Waals surface area contributed by atoms with Crippen LogP contribution >= 0.6 is 0 Å². The molecule has 0 amide bonds. The van der Waals surface area contributed by atoms with Gasteiger partial charge in [0.15, 0.2) is 0 Å². The number of carbonyl (C=O) groups excluding carboxylic acids is 1. The molecule has 0 saturated heterocycles. The average Bonchev–Trinajstić information content (AvgIpc) is 2.68. The maximum absolute atomic E-state index is 11.9. The summed E-state index contributed by atoms with van der Waals surface area (Å²) in [4.78, 5) is 11.9. The number of hydrogen-bond acceptors (Lipinski definition) is 3. The number of carbonyl (C=O) groups is 1. The number of hydrogen-bond donors (Lipinski definition) is 0. The molecule has 1 aliphatic heterocycles. The van der Waals surface area contributed by atoms with Crippen LogP contribution in [0.25, 0.3) is 0 Å². The molecule has 3 aliphatic rings. The molecule has 0 radical (unpaired) electrons. The van der Waals surface area contributed by atoms with Gasteiger partial charge in [-0.15, -0.1) is 0 Å². The van der Waals surface area contributed by atoms with Crippen LogP contribution in [0, 0.1) is 17.3 Å². The Morgan fingerprint density at radius 3 is 2.85 bits per heavy atom. The molecule has 112 valence electrons. The van der Waals surface area contributed by atoms with Crippen molar-refractivity contribution < 1.29 is 14.3 Å². The lowest BCUT2D eigenvalue weighted by Crippen LogP contribution is -2.54. The highest BCUT2D eigenvalue weighted by molar-refractivity contribution is 5.92. The lowest BCUT2D eigenvalue weighted by Gasteiger charge is -2.55. The van der Waals surface area contributed by atoms with Gasteiger partial charge in [-0.2, -0.15) is 0 Å². The van der Waals surface area contributed by atoms with Crippen LogP contribution < -0.4 is 0 Å². The van der Waals surface area contributed by atoms with Crippen LogP contribution in [0.2, 0.25) is 0 Å². The fourth-order valence-electron chi connectivity index (χ4n) is 4.75. The van der Waals surface area contributed by atoms with Gasteiger partial charge in [0.1, 0.15) is 6.10 Å². The van der Waals surface area contributed by atoms with Gasteiger partial charge in [-0.3, -0.25) is 0 Å². The average molecular weight is 278 g/mol. The van der Waals surface area contributed by atoms with E-state index in [9.17, 15) is 4.79 Å². The Hall–Kier alpha value is -0.830. The normalized spacial score (nSPS) is 44.1. The largest absolute Gasteiger partial charge is 0.454 e. The molecular formula is C17H26O3. The predicted molar refractivity (Wildman–Crippen MR) is 77.2 cm³/mol. The van der Waals surface area contributed by atoms with Gasteiger partial charge in [-0.25, -0.2) is 4.79 Å². The van der Waals surface area contributed by atoms with Crippen molar-refractivity contribution in [3.8, 4) is 0 Å². The first-order chi connectivity index (χ1) is 9.50. The van der Waals surface area contributed by atoms with Gasteiger partial charge >= 0.3 is 5.97 Å². The van der Waals surface area contributed by atoms with E-state index in [1.807, 2.05) is 13.8 Å². The fourth-order valence-corrected chi connectivity index (χ4v) is 4.75. The number of fused-ring (bicyclic) bond motifs is 2. The molecule has 3 heteroatoms. The SMILES string of the molecule is CCO[C@@H]1C2=C(C)C(=O)O[C@H]2C[C@H]2CCC[C@H](C)[C@]21C. The minimum absolute atomic E-state index is 0.0255. The topological polar surface area (TPSA) is 35.5 Å². The molecular weight excluding hydrogens is 252 g/mol. The van der Waals surface area contributed by atoms with E-state index >= 15 is 0 Å². The maximum atomic E-state index is 11.9. The first kappa shape index (κ1) is 14.1. The Labute approximate surface area is 121 Å². The molecule has 0 aromatic heterocycles. The Kier molecular flexibility index (Phi) is 3.44. The van der Waals surface area contributed by atoms with Crippen LogP contribution in [0.3, 0.4) is 0 Å². The van der Waals surface area contributed by atoms with Crippen molar-refractivity contribution in [1.82, 2.24) is 0 Å². The number of ether oxygens (including phenoxy) is 2. The van der Waals surface area contributed by atoms with Crippen LogP contribution in [0.4, 0.5) is 0 Å². The third kappa shape index (κ3) is 1.78. The zero-order valence-corrected chi connectivity index (χ0v) is 13.1. The molecule has 2 aliphatic carbocycles. The van der Waals surface area contributed by atoms with Crippen molar-refractivity contribution in [3.63, 3.8) is 0 Å². The molecule has 3 rings (SSSR count). The molecule has 0 bridgehead atoms. The molecule has 2 fully saturated rings. The molecule has 0 unspecified atom stereocenters. The van der Waals surface area contributed by atoms with Crippen LogP contribution in [0.1, 0.15) is 53.4 Å². The van der Waals surface area contributed by atoms with Gasteiger partial charge in [0.25, 0.3) is 0 Å². The van der Waals surface area contributed by atoms with E-state index in [-0.39, 0.29) is 23.6 Å². The lowest BCUT2D eigenvalue weighted by molar-refractivity contribution is -0.149. The summed E-state index contributed by atoms with van der Waals surface area (Å²) in [7, 11) is 0. The van der Waals surface area contributed by atoms with Gasteiger partial charge in [-0.1, -0.05) is 26.7 Å². The second kappa shape index (κ2) is 4.87. The molecule has 0 N–H and O–H groups in total. The van der Waals surface area contributed by atoms with E-state index in [4.69, 9.17) is 9.47 Å². The summed E-state index contributed by atoms with van der Waals surface area (Å²) in [6.45, 7) is 9.37. The zero-order valence-electron chi connectivity index (χ0n) is 13.1. The molecule has 2 saturated carbocycles. The highest BCUT2D eigenvalue weighted by Crippen LogP contribution is 2.57. The first-order valence-corrected chi connectivity index (χ1v) is 8.03. The van der Waals surface area contributed by atoms with E-state index in [2.05, 4.69) is 13.8 Å². The number of esters is 1. The standard InChI is InChI=1S/C17H26O3/c1-5-19-15-14-11(3)16(18)20-13(14)9-12-8-6-7-10(2)17(12,15)4/h10,12-13,15H,5-9H2,1-4H3/t10-,12+,13-,15+,17+/m0/s1. The van der Waals surface area contributed by atoms with Crippen molar-refractivity contribution in [3.05, 3.63) is 11.1 Å². The summed E-state index contributed by atoms with van der Waals surface area (Å²) in [6.07, 6.45) is 4.81. The van der Waals surface area contributed by atoms with E-state index in [0.717, 1.165) is 17.6 Å². The second-order valence-corrected chi connectivity index (χ2v) is 6.94.